The zero-order valence-corrected chi connectivity index (χ0v) is 12.7. The molecular formula is C16H13F6NO. The van der Waals surface area contributed by atoms with E-state index < -0.39 is 23.9 Å². The predicted molar refractivity (Wildman–Crippen MR) is 77.9 cm³/mol. The number of ether oxygens (including phenoxy) is 1. The summed E-state index contributed by atoms with van der Waals surface area (Å²) >= 11 is 0. The van der Waals surface area contributed by atoms with Gasteiger partial charge in [-0.25, -0.2) is 0 Å². The number of alkyl halides is 6. The van der Waals surface area contributed by atoms with Crippen molar-refractivity contribution < 1.29 is 31.1 Å². The van der Waals surface area contributed by atoms with E-state index in [4.69, 9.17) is 0 Å². The van der Waals surface area contributed by atoms with Crippen molar-refractivity contribution >= 4 is 5.69 Å². The summed E-state index contributed by atoms with van der Waals surface area (Å²) in [6, 6.07) is 7.88. The first kappa shape index (κ1) is 18.0. The predicted octanol–water partition coefficient (Wildman–Crippen LogP) is 5.34. The normalized spacial score (nSPS) is 12.2. The Bertz CT molecular complexity index is 704. The molecule has 0 spiro atoms. The highest BCUT2D eigenvalue weighted by Crippen LogP contribution is 2.39. The third-order valence-corrected chi connectivity index (χ3v) is 3.22. The first-order valence-electron chi connectivity index (χ1n) is 6.72. The van der Waals surface area contributed by atoms with Gasteiger partial charge < -0.3 is 9.64 Å². The lowest BCUT2D eigenvalue weighted by Gasteiger charge is -2.18. The van der Waals surface area contributed by atoms with Gasteiger partial charge in [-0.2, -0.15) is 13.2 Å². The third kappa shape index (κ3) is 4.33. The molecule has 130 valence electrons. The van der Waals surface area contributed by atoms with Crippen molar-refractivity contribution in [2.24, 2.45) is 0 Å². The van der Waals surface area contributed by atoms with E-state index in [0.717, 1.165) is 30.3 Å². The van der Waals surface area contributed by atoms with Gasteiger partial charge >= 0.3 is 12.5 Å². The summed E-state index contributed by atoms with van der Waals surface area (Å²) < 4.78 is 79.7. The fourth-order valence-corrected chi connectivity index (χ4v) is 2.13. The second-order valence-electron chi connectivity index (χ2n) is 5.19. The third-order valence-electron chi connectivity index (χ3n) is 3.22. The lowest BCUT2D eigenvalue weighted by molar-refractivity contribution is -0.274. The first-order chi connectivity index (χ1) is 11.0. The molecule has 0 bridgehead atoms. The highest BCUT2D eigenvalue weighted by atomic mass is 19.4. The van der Waals surface area contributed by atoms with Crippen LogP contribution in [0.1, 0.15) is 5.56 Å². The van der Waals surface area contributed by atoms with Gasteiger partial charge in [0.05, 0.1) is 5.56 Å². The molecule has 0 fully saturated rings. The van der Waals surface area contributed by atoms with Gasteiger partial charge in [0.15, 0.2) is 0 Å². The molecule has 24 heavy (non-hydrogen) atoms. The minimum absolute atomic E-state index is 0.118. The number of benzene rings is 2. The number of nitrogens with zero attached hydrogens (tertiary/aromatic N) is 1. The molecule has 0 saturated carbocycles. The maximum absolute atomic E-state index is 13.2. The Hall–Kier alpha value is -2.38. The van der Waals surface area contributed by atoms with E-state index in [1.54, 1.807) is 19.0 Å². The molecule has 0 heterocycles. The highest BCUT2D eigenvalue weighted by molar-refractivity contribution is 5.73. The second-order valence-corrected chi connectivity index (χ2v) is 5.19. The van der Waals surface area contributed by atoms with Crippen LogP contribution in [0.2, 0.25) is 0 Å². The van der Waals surface area contributed by atoms with Gasteiger partial charge in [0.25, 0.3) is 0 Å². The van der Waals surface area contributed by atoms with Gasteiger partial charge in [0, 0.05) is 19.8 Å². The van der Waals surface area contributed by atoms with Gasteiger partial charge in [-0.05, 0) is 41.5 Å². The van der Waals surface area contributed by atoms with Crippen LogP contribution in [0.4, 0.5) is 32.0 Å². The van der Waals surface area contributed by atoms with Gasteiger partial charge in [-0.15, -0.1) is 13.2 Å². The Morgan fingerprint density at radius 2 is 1.42 bits per heavy atom. The van der Waals surface area contributed by atoms with Crippen molar-refractivity contribution in [2.75, 3.05) is 19.0 Å². The Morgan fingerprint density at radius 1 is 0.833 bits per heavy atom. The number of hydrogen-bond acceptors (Lipinski definition) is 2. The van der Waals surface area contributed by atoms with Crippen LogP contribution in [-0.2, 0) is 6.18 Å². The quantitative estimate of drug-likeness (QED) is 0.694. The molecule has 0 atom stereocenters. The van der Waals surface area contributed by atoms with E-state index in [1.807, 2.05) is 0 Å². The number of halogens is 6. The molecule has 0 amide bonds. The van der Waals surface area contributed by atoms with Crippen LogP contribution < -0.4 is 9.64 Å². The molecule has 0 N–H and O–H groups in total. The van der Waals surface area contributed by atoms with Gasteiger partial charge in [0.2, 0.25) is 0 Å². The minimum Gasteiger partial charge on any atom is -0.406 e. The summed E-state index contributed by atoms with van der Waals surface area (Å²) in [6.45, 7) is 0. The summed E-state index contributed by atoms with van der Waals surface area (Å²) in [5.74, 6) is -0.497. The van der Waals surface area contributed by atoms with Crippen molar-refractivity contribution in [3.8, 4) is 16.9 Å². The molecule has 0 radical (unpaired) electrons. The summed E-state index contributed by atoms with van der Waals surface area (Å²) in [4.78, 5) is 1.63. The fourth-order valence-electron chi connectivity index (χ4n) is 2.13. The minimum atomic E-state index is -4.86. The monoisotopic (exact) mass is 349 g/mol. The molecule has 2 aromatic rings. The van der Waals surface area contributed by atoms with Crippen LogP contribution in [0.25, 0.3) is 11.1 Å². The van der Waals surface area contributed by atoms with E-state index in [0.29, 0.717) is 5.69 Å². The zero-order chi connectivity index (χ0) is 18.1. The maximum Gasteiger partial charge on any atom is 0.573 e. The molecule has 0 saturated heterocycles. The molecule has 0 aliphatic carbocycles. The Labute approximate surface area is 134 Å². The van der Waals surface area contributed by atoms with Crippen molar-refractivity contribution in [3.63, 3.8) is 0 Å². The molecule has 2 rings (SSSR count). The lowest BCUT2D eigenvalue weighted by atomic mass is 9.98. The zero-order valence-electron chi connectivity index (χ0n) is 12.7. The summed E-state index contributed by atoms with van der Waals surface area (Å²) in [6.07, 6.45) is -9.44. The van der Waals surface area contributed by atoms with Crippen molar-refractivity contribution in [2.45, 2.75) is 12.5 Å². The van der Waals surface area contributed by atoms with E-state index >= 15 is 0 Å². The van der Waals surface area contributed by atoms with Crippen molar-refractivity contribution in [3.05, 3.63) is 48.0 Å². The number of rotatable bonds is 3. The Morgan fingerprint density at radius 3 is 1.88 bits per heavy atom. The summed E-state index contributed by atoms with van der Waals surface area (Å²) in [5, 5.41) is 0. The van der Waals surface area contributed by atoms with Gasteiger partial charge in [-0.1, -0.05) is 12.1 Å². The van der Waals surface area contributed by atoms with E-state index in [-0.39, 0.29) is 11.1 Å². The summed E-state index contributed by atoms with van der Waals surface area (Å²) in [7, 11) is 3.35. The van der Waals surface area contributed by atoms with Gasteiger partial charge in [0.1, 0.15) is 5.75 Å². The average molecular weight is 349 g/mol. The van der Waals surface area contributed by atoms with E-state index in [9.17, 15) is 26.3 Å². The average Bonchev–Trinajstić information content (AvgIpc) is 2.44. The first-order valence-corrected chi connectivity index (χ1v) is 6.72. The molecule has 0 aromatic heterocycles. The highest BCUT2D eigenvalue weighted by Gasteiger charge is 2.34. The van der Waals surface area contributed by atoms with Crippen LogP contribution in [0, 0.1) is 0 Å². The standard InChI is InChI=1S/C16H13F6NO/c1-23(2)11-5-8-14(15(17,18)19)13(9-11)10-3-6-12(7-4-10)24-16(20,21)22/h3-9H,1-2H3. The SMILES string of the molecule is CN(C)c1ccc(C(F)(F)F)c(-c2ccc(OC(F)(F)F)cc2)c1. The Kier molecular flexibility index (Phi) is 4.68. The second kappa shape index (κ2) is 6.26. The van der Waals surface area contributed by atoms with Crippen LogP contribution in [0.3, 0.4) is 0 Å². The molecule has 0 aliphatic rings. The molecule has 0 aliphatic heterocycles. The molecule has 2 nitrogen and oxygen atoms in total. The van der Waals surface area contributed by atoms with Crippen LogP contribution >= 0.6 is 0 Å². The van der Waals surface area contributed by atoms with E-state index in [1.165, 1.54) is 12.1 Å². The number of anilines is 1. The largest absolute Gasteiger partial charge is 0.573 e. The van der Waals surface area contributed by atoms with Crippen molar-refractivity contribution in [1.82, 2.24) is 0 Å². The van der Waals surface area contributed by atoms with E-state index in [2.05, 4.69) is 4.74 Å². The molecule has 2 aromatic carbocycles. The lowest BCUT2D eigenvalue weighted by Crippen LogP contribution is -2.17. The van der Waals surface area contributed by atoms with Crippen molar-refractivity contribution in [1.29, 1.82) is 0 Å². The molecular weight excluding hydrogens is 336 g/mol. The molecule has 0 unspecified atom stereocenters. The fraction of sp³-hybridized carbons (Fsp3) is 0.250. The maximum atomic E-state index is 13.2. The number of hydrogen-bond donors (Lipinski definition) is 0. The topological polar surface area (TPSA) is 12.5 Å². The van der Waals surface area contributed by atoms with Crippen LogP contribution in [-0.4, -0.2) is 20.5 Å². The summed E-state index contributed by atoms with van der Waals surface area (Å²) in [5.41, 5.74) is -0.306. The smallest absolute Gasteiger partial charge is 0.406 e. The van der Waals surface area contributed by atoms with Gasteiger partial charge in [-0.3, -0.25) is 0 Å². The van der Waals surface area contributed by atoms with Crippen LogP contribution in [0.15, 0.2) is 42.5 Å². The Balaban J connectivity index is 2.48. The molecule has 8 heteroatoms. The van der Waals surface area contributed by atoms with Crippen LogP contribution in [0.5, 0.6) is 5.75 Å².